The molecular formula is C3H4F2O3S. The van der Waals surface area contributed by atoms with Crippen LogP contribution in [0.4, 0.5) is 8.78 Å². The molecule has 0 radical (unpaired) electrons. The summed E-state index contributed by atoms with van der Waals surface area (Å²) >= 11 is 0. The predicted molar refractivity (Wildman–Crippen MR) is 24.4 cm³/mol. The molecule has 0 aromatic carbocycles. The maximum absolute atomic E-state index is 12.0. The zero-order valence-corrected chi connectivity index (χ0v) is 5.07. The van der Waals surface area contributed by atoms with Crippen molar-refractivity contribution in [2.24, 2.45) is 0 Å². The Morgan fingerprint density at radius 3 is 2.11 bits per heavy atom. The quantitative estimate of drug-likeness (QED) is 0.477. The third kappa shape index (κ3) is 1.19. The van der Waals surface area contributed by atoms with Crippen molar-refractivity contribution in [1.29, 1.82) is 0 Å². The Balaban J connectivity index is 2.83. The third-order valence-electron chi connectivity index (χ3n) is 0.922. The van der Waals surface area contributed by atoms with E-state index >= 15 is 0 Å². The molecule has 0 spiro atoms. The number of hydrogen-bond donors (Lipinski definition) is 0. The number of rotatable bonds is 0. The van der Waals surface area contributed by atoms with Crippen molar-refractivity contribution < 1.29 is 21.4 Å². The first-order valence-corrected chi connectivity index (χ1v) is 3.70. The van der Waals surface area contributed by atoms with Crippen LogP contribution < -0.4 is 0 Å². The molecule has 1 fully saturated rings. The summed E-state index contributed by atoms with van der Waals surface area (Å²) in [5.74, 6) is 0. The van der Waals surface area contributed by atoms with Gasteiger partial charge in [0, 0.05) is 0 Å². The molecule has 0 aromatic rings. The van der Waals surface area contributed by atoms with E-state index in [0.29, 0.717) is 0 Å². The average molecular weight is 158 g/mol. The van der Waals surface area contributed by atoms with Crippen molar-refractivity contribution in [2.45, 2.75) is 18.3 Å². The Bertz CT molecular complexity index is 199. The maximum Gasteiger partial charge on any atom is 0.302 e. The first kappa shape index (κ1) is 6.88. The second-order valence-electron chi connectivity index (χ2n) is 1.64. The van der Waals surface area contributed by atoms with Crippen LogP contribution in [0.15, 0.2) is 0 Å². The fraction of sp³-hybridized carbons (Fsp3) is 1.00. The van der Waals surface area contributed by atoms with E-state index in [-0.39, 0.29) is 0 Å². The van der Waals surface area contributed by atoms with Gasteiger partial charge in [-0.1, -0.05) is 0 Å². The maximum atomic E-state index is 12.0. The molecule has 0 bridgehead atoms. The van der Waals surface area contributed by atoms with Gasteiger partial charge in [0.15, 0.2) is 0 Å². The van der Waals surface area contributed by atoms with Gasteiger partial charge in [-0.05, 0) is 0 Å². The first-order valence-electron chi connectivity index (χ1n) is 2.22. The predicted octanol–water partition coefficient (Wildman–Crippen LogP) is 0.328. The van der Waals surface area contributed by atoms with Crippen LogP contribution >= 0.6 is 0 Å². The molecule has 1 heterocycles. The minimum absolute atomic E-state index is 0.706. The standard InChI is InChI=1S/C3H4F2O3S/c4-2-1-3(5)9(6,7)8-2/h2-3H,1H2. The van der Waals surface area contributed by atoms with Gasteiger partial charge >= 0.3 is 10.1 Å². The van der Waals surface area contributed by atoms with Crippen LogP contribution in [0.25, 0.3) is 0 Å². The van der Waals surface area contributed by atoms with Gasteiger partial charge in [0.25, 0.3) is 0 Å². The molecule has 54 valence electrons. The van der Waals surface area contributed by atoms with Crippen LogP contribution in [-0.2, 0) is 14.3 Å². The second-order valence-corrected chi connectivity index (χ2v) is 3.33. The van der Waals surface area contributed by atoms with E-state index in [0.717, 1.165) is 0 Å². The average Bonchev–Trinajstić information content (AvgIpc) is 1.79. The van der Waals surface area contributed by atoms with Crippen molar-refractivity contribution in [1.82, 2.24) is 0 Å². The van der Waals surface area contributed by atoms with E-state index in [1.165, 1.54) is 0 Å². The highest BCUT2D eigenvalue weighted by Crippen LogP contribution is 2.24. The summed E-state index contributed by atoms with van der Waals surface area (Å²) in [6, 6.07) is 0. The SMILES string of the molecule is O=S1(=O)OC(F)CC1F. The van der Waals surface area contributed by atoms with Gasteiger partial charge in [-0.25, -0.2) is 13.0 Å². The molecule has 0 aliphatic carbocycles. The fourth-order valence-electron chi connectivity index (χ4n) is 0.509. The van der Waals surface area contributed by atoms with Crippen LogP contribution in [0.3, 0.4) is 0 Å². The smallest absolute Gasteiger partial charge is 0.231 e. The van der Waals surface area contributed by atoms with Crippen LogP contribution in [0, 0.1) is 0 Å². The van der Waals surface area contributed by atoms with E-state index in [2.05, 4.69) is 4.18 Å². The van der Waals surface area contributed by atoms with Gasteiger partial charge in [0.05, 0.1) is 6.42 Å². The molecule has 6 heteroatoms. The normalized spacial score (nSPS) is 41.1. The van der Waals surface area contributed by atoms with Crippen molar-refractivity contribution in [2.75, 3.05) is 0 Å². The van der Waals surface area contributed by atoms with Crippen LogP contribution in [0.5, 0.6) is 0 Å². The zero-order valence-electron chi connectivity index (χ0n) is 4.25. The molecule has 1 aliphatic rings. The van der Waals surface area contributed by atoms with Crippen molar-refractivity contribution in [3.8, 4) is 0 Å². The summed E-state index contributed by atoms with van der Waals surface area (Å²) in [5, 5.41) is 0. The van der Waals surface area contributed by atoms with Gasteiger partial charge in [-0.15, -0.1) is 0 Å². The van der Waals surface area contributed by atoms with Gasteiger partial charge in [-0.3, -0.25) is 0 Å². The van der Waals surface area contributed by atoms with Crippen LogP contribution in [-0.4, -0.2) is 20.3 Å². The molecule has 2 unspecified atom stereocenters. The molecule has 0 saturated carbocycles. The van der Waals surface area contributed by atoms with Crippen LogP contribution in [0.2, 0.25) is 0 Å². The zero-order chi connectivity index (χ0) is 7.07. The minimum atomic E-state index is -4.22. The van der Waals surface area contributed by atoms with Gasteiger partial charge in [0.2, 0.25) is 11.9 Å². The molecule has 2 atom stereocenters. The first-order chi connectivity index (χ1) is 4.02. The molecule has 0 amide bonds. The summed E-state index contributed by atoms with van der Waals surface area (Å²) in [6.45, 7) is 0. The fourth-order valence-corrected chi connectivity index (χ4v) is 1.39. The van der Waals surface area contributed by atoms with Gasteiger partial charge < -0.3 is 0 Å². The Morgan fingerprint density at radius 1 is 1.44 bits per heavy atom. The summed E-state index contributed by atoms with van der Waals surface area (Å²) in [6.07, 6.45) is -2.70. The number of alkyl halides is 2. The van der Waals surface area contributed by atoms with Crippen molar-refractivity contribution >= 4 is 10.1 Å². The molecule has 1 rings (SSSR count). The Hall–Kier alpha value is -0.230. The largest absolute Gasteiger partial charge is 0.302 e. The van der Waals surface area contributed by atoms with Gasteiger partial charge in [0.1, 0.15) is 0 Å². The van der Waals surface area contributed by atoms with E-state index in [1.807, 2.05) is 0 Å². The highest BCUT2D eigenvalue weighted by Gasteiger charge is 2.39. The molecular weight excluding hydrogens is 154 g/mol. The number of hydrogen-bond acceptors (Lipinski definition) is 3. The lowest BCUT2D eigenvalue weighted by Crippen LogP contribution is -2.07. The van der Waals surface area contributed by atoms with E-state index in [1.54, 1.807) is 0 Å². The Kier molecular flexibility index (Phi) is 1.44. The Labute approximate surface area is 50.7 Å². The summed E-state index contributed by atoms with van der Waals surface area (Å²) in [4.78, 5) is 0. The molecule has 9 heavy (non-hydrogen) atoms. The highest BCUT2D eigenvalue weighted by molar-refractivity contribution is 7.87. The van der Waals surface area contributed by atoms with Crippen LogP contribution in [0.1, 0.15) is 6.42 Å². The lowest BCUT2D eigenvalue weighted by Gasteiger charge is -1.91. The minimum Gasteiger partial charge on any atom is -0.231 e. The third-order valence-corrected chi connectivity index (χ3v) is 2.22. The topological polar surface area (TPSA) is 43.4 Å². The second kappa shape index (κ2) is 1.88. The highest BCUT2D eigenvalue weighted by atomic mass is 32.2. The van der Waals surface area contributed by atoms with Crippen molar-refractivity contribution in [3.63, 3.8) is 0 Å². The molecule has 3 nitrogen and oxygen atoms in total. The van der Waals surface area contributed by atoms with E-state index in [4.69, 9.17) is 0 Å². The van der Waals surface area contributed by atoms with Crippen molar-refractivity contribution in [3.05, 3.63) is 0 Å². The Morgan fingerprint density at radius 2 is 2.00 bits per heavy atom. The lowest BCUT2D eigenvalue weighted by molar-refractivity contribution is 0.0885. The molecule has 0 N–H and O–H groups in total. The summed E-state index contributed by atoms with van der Waals surface area (Å²) in [7, 11) is -4.22. The molecule has 0 aromatic heterocycles. The summed E-state index contributed by atoms with van der Waals surface area (Å²) < 4.78 is 47.7. The van der Waals surface area contributed by atoms with Gasteiger partial charge in [-0.2, -0.15) is 8.42 Å². The molecule has 1 aliphatic heterocycles. The lowest BCUT2D eigenvalue weighted by atomic mass is 10.5. The van der Waals surface area contributed by atoms with E-state index in [9.17, 15) is 17.2 Å². The molecule has 1 saturated heterocycles. The monoisotopic (exact) mass is 158 g/mol. The summed E-state index contributed by atoms with van der Waals surface area (Å²) in [5.41, 5.74) is -2.19. The van der Waals surface area contributed by atoms with E-state index < -0.39 is 28.4 Å². The number of halogens is 2.